The SMILES string of the molecule is C=C(C)C(=O)O[C@@H]1CC2=CC[C@H]3[C@@H]4CC[C@H]([C@H](C)CCCC(C)Cc5ccc(Cl)cc5Cl)[C@@]4(C)CC[C@@H]3[C@@]2(C)CC1O. The number of carbonyl (C=O) groups excluding carboxylic acids is 1. The van der Waals surface area contributed by atoms with E-state index in [-0.39, 0.29) is 5.41 Å². The number of allylic oxidation sites excluding steroid dienone is 1. The van der Waals surface area contributed by atoms with Gasteiger partial charge in [0.1, 0.15) is 6.10 Å². The van der Waals surface area contributed by atoms with E-state index in [9.17, 15) is 9.90 Å². The standard InChI is InChI=1S/C37H52Cl2O3/c1-22(2)35(41)42-34-19-26-11-13-28-30-15-14-29(36(30,5)17-16-31(28)37(26,6)21-33(34)40)24(4)9-7-8-23(3)18-25-10-12-27(38)20-32(25)39/h10-12,20,23-24,28-31,33-34,40H,1,7-9,13-19,21H2,2-6H3/t23?,24-,28+,29-,30+,31+,33?,34-,36-,37+/m1/s1. The molecule has 42 heavy (non-hydrogen) atoms. The van der Waals surface area contributed by atoms with Crippen molar-refractivity contribution in [3.8, 4) is 0 Å². The zero-order valence-corrected chi connectivity index (χ0v) is 27.9. The van der Waals surface area contributed by atoms with Gasteiger partial charge in [-0.3, -0.25) is 0 Å². The Morgan fingerprint density at radius 1 is 1.14 bits per heavy atom. The maximum absolute atomic E-state index is 12.2. The van der Waals surface area contributed by atoms with Crippen molar-refractivity contribution in [2.24, 2.45) is 46.3 Å². The molecule has 0 amide bonds. The molecule has 3 fully saturated rings. The van der Waals surface area contributed by atoms with Crippen LogP contribution in [-0.4, -0.2) is 23.3 Å². The summed E-state index contributed by atoms with van der Waals surface area (Å²) < 4.78 is 5.67. The van der Waals surface area contributed by atoms with Crippen molar-refractivity contribution in [2.75, 3.05) is 0 Å². The summed E-state index contributed by atoms with van der Waals surface area (Å²) in [6.07, 6.45) is 14.0. The van der Waals surface area contributed by atoms with Gasteiger partial charge in [0.05, 0.1) is 6.10 Å². The van der Waals surface area contributed by atoms with E-state index in [0.717, 1.165) is 35.6 Å². The molecule has 0 spiro atoms. The molecule has 4 aliphatic rings. The summed E-state index contributed by atoms with van der Waals surface area (Å²) in [5, 5.41) is 12.6. The third-order valence-corrected chi connectivity index (χ3v) is 13.0. The number of halogens is 2. The average molecular weight is 616 g/mol. The van der Waals surface area contributed by atoms with Gasteiger partial charge in [0.15, 0.2) is 0 Å². The first-order valence-corrected chi connectivity index (χ1v) is 17.3. The summed E-state index contributed by atoms with van der Waals surface area (Å²) >= 11 is 12.5. The van der Waals surface area contributed by atoms with Crippen LogP contribution in [0.25, 0.3) is 0 Å². The van der Waals surface area contributed by atoms with Crippen LogP contribution in [0.2, 0.25) is 10.0 Å². The van der Waals surface area contributed by atoms with Crippen LogP contribution in [0.15, 0.2) is 42.0 Å². The van der Waals surface area contributed by atoms with Crippen LogP contribution in [0.5, 0.6) is 0 Å². The number of fused-ring (bicyclic) bond motifs is 5. The lowest BCUT2D eigenvalue weighted by molar-refractivity contribution is -0.156. The van der Waals surface area contributed by atoms with E-state index in [0.29, 0.717) is 46.6 Å². The van der Waals surface area contributed by atoms with E-state index in [4.69, 9.17) is 27.9 Å². The van der Waals surface area contributed by atoms with E-state index in [1.807, 2.05) is 12.1 Å². The van der Waals surface area contributed by atoms with Crippen LogP contribution in [0, 0.1) is 46.3 Å². The molecule has 0 bridgehead atoms. The summed E-state index contributed by atoms with van der Waals surface area (Å²) in [5.74, 6) is 3.83. The first-order chi connectivity index (χ1) is 19.8. The van der Waals surface area contributed by atoms with Gasteiger partial charge in [0.2, 0.25) is 0 Å². The Morgan fingerprint density at radius 2 is 1.90 bits per heavy atom. The Morgan fingerprint density at radius 3 is 2.62 bits per heavy atom. The van der Waals surface area contributed by atoms with Crippen molar-refractivity contribution in [2.45, 2.75) is 117 Å². The van der Waals surface area contributed by atoms with Crippen molar-refractivity contribution in [3.05, 3.63) is 57.6 Å². The smallest absolute Gasteiger partial charge is 0.333 e. The van der Waals surface area contributed by atoms with Crippen LogP contribution in [-0.2, 0) is 16.0 Å². The third-order valence-electron chi connectivity index (χ3n) is 12.4. The molecule has 0 heterocycles. The molecule has 1 aromatic carbocycles. The number of carbonyl (C=O) groups is 1. The first-order valence-electron chi connectivity index (χ1n) is 16.5. The Hall–Kier alpha value is -1.29. The van der Waals surface area contributed by atoms with Crippen LogP contribution in [0.1, 0.15) is 104 Å². The highest BCUT2D eigenvalue weighted by Crippen LogP contribution is 2.67. The van der Waals surface area contributed by atoms with E-state index >= 15 is 0 Å². The van der Waals surface area contributed by atoms with E-state index in [2.05, 4.69) is 46.4 Å². The fraction of sp³-hybridized carbons (Fsp3) is 0.703. The maximum atomic E-state index is 12.2. The number of benzene rings is 1. The van der Waals surface area contributed by atoms with Crippen LogP contribution < -0.4 is 0 Å². The van der Waals surface area contributed by atoms with Gasteiger partial charge < -0.3 is 9.84 Å². The van der Waals surface area contributed by atoms with Crippen LogP contribution in [0.4, 0.5) is 0 Å². The van der Waals surface area contributed by atoms with Crippen LogP contribution in [0.3, 0.4) is 0 Å². The lowest BCUT2D eigenvalue weighted by Gasteiger charge is -2.59. The molecule has 10 atom stereocenters. The molecule has 0 radical (unpaired) electrons. The molecule has 3 saturated carbocycles. The number of esters is 1. The maximum Gasteiger partial charge on any atom is 0.333 e. The van der Waals surface area contributed by atoms with Gasteiger partial charge in [0, 0.05) is 22.0 Å². The van der Waals surface area contributed by atoms with Gasteiger partial charge in [-0.2, -0.15) is 0 Å². The highest BCUT2D eigenvalue weighted by Gasteiger charge is 2.60. The molecule has 1 N–H and O–H groups in total. The molecule has 1 aromatic rings. The number of hydrogen-bond acceptors (Lipinski definition) is 3. The number of aliphatic hydroxyl groups is 1. The van der Waals surface area contributed by atoms with Gasteiger partial charge in [-0.1, -0.05) is 94.5 Å². The fourth-order valence-corrected chi connectivity index (χ4v) is 10.6. The van der Waals surface area contributed by atoms with E-state index in [1.165, 1.54) is 56.1 Å². The molecule has 0 aliphatic heterocycles. The largest absolute Gasteiger partial charge is 0.456 e. The molecule has 5 heteroatoms. The molecule has 4 aliphatic carbocycles. The summed E-state index contributed by atoms with van der Waals surface area (Å²) in [6, 6.07) is 5.88. The highest BCUT2D eigenvalue weighted by atomic mass is 35.5. The molecule has 0 saturated heterocycles. The van der Waals surface area contributed by atoms with Gasteiger partial charge in [-0.25, -0.2) is 4.79 Å². The third kappa shape index (κ3) is 6.14. The van der Waals surface area contributed by atoms with E-state index in [1.54, 1.807) is 6.92 Å². The second kappa shape index (κ2) is 12.6. The molecular formula is C37H52Cl2O3. The van der Waals surface area contributed by atoms with Crippen LogP contribution >= 0.6 is 23.2 Å². The van der Waals surface area contributed by atoms with Crippen molar-refractivity contribution in [1.29, 1.82) is 0 Å². The highest BCUT2D eigenvalue weighted by molar-refractivity contribution is 6.35. The topological polar surface area (TPSA) is 46.5 Å². The fourth-order valence-electron chi connectivity index (χ4n) is 10.2. The van der Waals surface area contributed by atoms with Crippen molar-refractivity contribution in [1.82, 2.24) is 0 Å². The van der Waals surface area contributed by atoms with Gasteiger partial charge in [-0.15, -0.1) is 0 Å². The Kier molecular flexibility index (Phi) is 9.64. The zero-order valence-electron chi connectivity index (χ0n) is 26.4. The monoisotopic (exact) mass is 614 g/mol. The van der Waals surface area contributed by atoms with E-state index < -0.39 is 18.2 Å². The summed E-state index contributed by atoms with van der Waals surface area (Å²) in [6.45, 7) is 15.3. The van der Waals surface area contributed by atoms with Gasteiger partial charge >= 0.3 is 5.97 Å². The van der Waals surface area contributed by atoms with Gasteiger partial charge in [-0.05, 0) is 116 Å². The molecule has 5 rings (SSSR count). The summed E-state index contributed by atoms with van der Waals surface area (Å²) in [7, 11) is 0. The minimum absolute atomic E-state index is 0.00260. The number of rotatable bonds is 9. The Bertz CT molecular complexity index is 1210. The van der Waals surface area contributed by atoms with Crippen molar-refractivity contribution < 1.29 is 14.6 Å². The number of hydrogen-bond donors (Lipinski definition) is 1. The molecular weight excluding hydrogens is 563 g/mol. The van der Waals surface area contributed by atoms with Crippen molar-refractivity contribution >= 4 is 29.2 Å². The lowest BCUT2D eigenvalue weighted by Crippen LogP contribution is -2.53. The lowest BCUT2D eigenvalue weighted by atomic mass is 9.46. The van der Waals surface area contributed by atoms with Crippen molar-refractivity contribution in [3.63, 3.8) is 0 Å². The minimum atomic E-state index is -0.614. The summed E-state index contributed by atoms with van der Waals surface area (Å²) in [5.41, 5.74) is 3.42. The summed E-state index contributed by atoms with van der Waals surface area (Å²) in [4.78, 5) is 12.2. The minimum Gasteiger partial charge on any atom is -0.456 e. The predicted octanol–water partition coefficient (Wildman–Crippen LogP) is 10.0. The average Bonchev–Trinajstić information content (AvgIpc) is 3.28. The number of ether oxygens (including phenoxy) is 1. The second-order valence-electron chi connectivity index (χ2n) is 15.1. The first kappa shape index (κ1) is 32.1. The number of aliphatic hydroxyl groups excluding tert-OH is 1. The predicted molar refractivity (Wildman–Crippen MR) is 174 cm³/mol. The quantitative estimate of drug-likeness (QED) is 0.171. The second-order valence-corrected chi connectivity index (χ2v) is 16.0. The normalized spacial score (nSPS) is 37.1. The molecule has 2 unspecified atom stereocenters. The van der Waals surface area contributed by atoms with Gasteiger partial charge in [0.25, 0.3) is 0 Å². The molecule has 232 valence electrons. The molecule has 0 aromatic heterocycles. The molecule has 3 nitrogen and oxygen atoms in total. The zero-order chi connectivity index (χ0) is 30.4. The Balaban J connectivity index is 1.19. The Labute approximate surface area is 264 Å².